The van der Waals surface area contributed by atoms with Crippen molar-refractivity contribution in [3.63, 3.8) is 0 Å². The summed E-state index contributed by atoms with van der Waals surface area (Å²) in [4.78, 5) is 0. The first kappa shape index (κ1) is 16.8. The van der Waals surface area contributed by atoms with E-state index in [4.69, 9.17) is 19.3 Å². The monoisotopic (exact) mass is 340 g/mol. The molecular weight excluding hydrogens is 320 g/mol. The summed E-state index contributed by atoms with van der Waals surface area (Å²) in [6.07, 6.45) is -8.81. The van der Waals surface area contributed by atoms with E-state index in [0.29, 0.717) is 0 Å². The zero-order chi connectivity index (χ0) is 16.1. The lowest BCUT2D eigenvalue weighted by Gasteiger charge is -2.53. The summed E-state index contributed by atoms with van der Waals surface area (Å²) in [6, 6.07) is 0. The van der Waals surface area contributed by atoms with Gasteiger partial charge in [-0.2, -0.15) is 0 Å². The fourth-order valence-corrected chi connectivity index (χ4v) is 4.24. The van der Waals surface area contributed by atoms with Crippen LogP contribution in [0.2, 0.25) is 0 Å². The van der Waals surface area contributed by atoms with Gasteiger partial charge in [-0.15, -0.1) is 11.8 Å². The fourth-order valence-electron chi connectivity index (χ4n) is 2.89. The van der Waals surface area contributed by atoms with Gasteiger partial charge < -0.3 is 44.8 Å². The van der Waals surface area contributed by atoms with E-state index in [1.165, 1.54) is 11.8 Å². The van der Waals surface area contributed by atoms with Crippen molar-refractivity contribution in [2.45, 2.75) is 54.0 Å². The zero-order valence-electron chi connectivity index (χ0n) is 11.6. The first-order valence-corrected chi connectivity index (χ1v) is 8.04. The molecule has 3 rings (SSSR count). The number of hydrogen-bond donors (Lipinski definition) is 6. The Morgan fingerprint density at radius 3 is 2.45 bits per heavy atom. The molecule has 22 heavy (non-hydrogen) atoms. The molecule has 0 saturated carbocycles. The Morgan fingerprint density at radius 2 is 1.77 bits per heavy atom. The molecule has 0 aromatic heterocycles. The number of rotatable bonds is 1. The highest BCUT2D eigenvalue weighted by atomic mass is 32.2. The highest BCUT2D eigenvalue weighted by Crippen LogP contribution is 2.43. The largest absolute Gasteiger partial charge is 0.394 e. The van der Waals surface area contributed by atoms with Gasteiger partial charge >= 0.3 is 0 Å². The van der Waals surface area contributed by atoms with Gasteiger partial charge in [0.2, 0.25) is 5.79 Å². The van der Waals surface area contributed by atoms with Crippen LogP contribution >= 0.6 is 11.8 Å². The van der Waals surface area contributed by atoms with Crippen molar-refractivity contribution in [3.8, 4) is 0 Å². The van der Waals surface area contributed by atoms with E-state index in [2.05, 4.69) is 0 Å². The minimum atomic E-state index is -1.60. The summed E-state index contributed by atoms with van der Waals surface area (Å²) >= 11 is 1.18. The summed E-state index contributed by atoms with van der Waals surface area (Å²) < 4.78 is 16.5. The van der Waals surface area contributed by atoms with Crippen molar-refractivity contribution in [1.29, 1.82) is 0 Å². The molecule has 0 aromatic carbocycles. The predicted octanol–water partition coefficient (Wildman–Crippen LogP) is -3.63. The van der Waals surface area contributed by atoms with E-state index in [1.807, 2.05) is 0 Å². The minimum absolute atomic E-state index is 0.0973. The lowest BCUT2D eigenvalue weighted by molar-refractivity contribution is -0.367. The van der Waals surface area contributed by atoms with Crippen LogP contribution in [0.5, 0.6) is 0 Å². The van der Waals surface area contributed by atoms with Crippen LogP contribution in [0.1, 0.15) is 0 Å². The predicted molar refractivity (Wildman–Crippen MR) is 71.8 cm³/mol. The Bertz CT molecular complexity index is 410. The van der Waals surface area contributed by atoms with Gasteiger partial charge in [0.05, 0.1) is 19.0 Å². The van der Waals surface area contributed by atoms with Gasteiger partial charge in [-0.3, -0.25) is 0 Å². The number of fused-ring (bicyclic) bond motifs is 1. The lowest BCUT2D eigenvalue weighted by Crippen LogP contribution is -2.70. The van der Waals surface area contributed by atoms with Crippen molar-refractivity contribution < 1.29 is 44.8 Å². The maximum atomic E-state index is 10.2. The lowest BCUT2D eigenvalue weighted by atomic mass is 9.95. The summed E-state index contributed by atoms with van der Waals surface area (Å²) in [6.45, 7) is -0.674. The summed E-state index contributed by atoms with van der Waals surface area (Å²) in [5.74, 6) is -1.50. The normalized spacial score (nSPS) is 55.9. The van der Waals surface area contributed by atoms with Crippen LogP contribution in [-0.4, -0.2) is 104 Å². The molecule has 0 amide bonds. The molecule has 0 aromatic rings. The second-order valence-electron chi connectivity index (χ2n) is 5.73. The SMILES string of the molecule is OC[C@H]1O[C@H]2SC[C@]3(OC[C@@H](O)[C@@H](O)[C@@H]3O)O[C@@H]2[C@@H](O)[C@@H]1O. The molecule has 0 radical (unpaired) electrons. The third-order valence-electron chi connectivity index (χ3n) is 4.28. The molecule has 128 valence electrons. The second kappa shape index (κ2) is 6.13. The Balaban J connectivity index is 1.78. The van der Waals surface area contributed by atoms with Crippen molar-refractivity contribution in [1.82, 2.24) is 0 Å². The van der Waals surface area contributed by atoms with Gasteiger partial charge in [0, 0.05) is 0 Å². The number of aliphatic hydroxyl groups excluding tert-OH is 6. The van der Waals surface area contributed by atoms with E-state index >= 15 is 0 Å². The molecular formula is C12H20O9S. The molecule has 1 spiro atoms. The number of ether oxygens (including phenoxy) is 3. The highest BCUT2D eigenvalue weighted by Gasteiger charge is 2.59. The van der Waals surface area contributed by atoms with Crippen LogP contribution in [-0.2, 0) is 14.2 Å². The molecule has 9 nitrogen and oxygen atoms in total. The van der Waals surface area contributed by atoms with Gasteiger partial charge in [0.25, 0.3) is 0 Å². The summed E-state index contributed by atoms with van der Waals surface area (Å²) in [5.41, 5.74) is -0.652. The maximum Gasteiger partial charge on any atom is 0.207 e. The van der Waals surface area contributed by atoms with Gasteiger partial charge in [-0.25, -0.2) is 0 Å². The second-order valence-corrected chi connectivity index (χ2v) is 6.81. The van der Waals surface area contributed by atoms with Crippen molar-refractivity contribution in [2.24, 2.45) is 0 Å². The van der Waals surface area contributed by atoms with E-state index < -0.39 is 60.6 Å². The van der Waals surface area contributed by atoms with Crippen LogP contribution in [0.25, 0.3) is 0 Å². The molecule has 0 unspecified atom stereocenters. The first-order chi connectivity index (χ1) is 10.4. The number of aliphatic hydroxyl groups is 6. The average Bonchev–Trinajstić information content (AvgIpc) is 2.53. The van der Waals surface area contributed by atoms with Crippen LogP contribution in [0, 0.1) is 0 Å². The topological polar surface area (TPSA) is 149 Å². The van der Waals surface area contributed by atoms with E-state index in [0.717, 1.165) is 0 Å². The van der Waals surface area contributed by atoms with Gasteiger partial charge in [0.1, 0.15) is 48.2 Å². The number of thioether (sulfide) groups is 1. The third kappa shape index (κ3) is 2.57. The van der Waals surface area contributed by atoms with Crippen LogP contribution in [0.15, 0.2) is 0 Å². The number of hydrogen-bond acceptors (Lipinski definition) is 10. The minimum Gasteiger partial charge on any atom is -0.394 e. The standard InChI is InChI=1S/C12H20O9S/c13-1-5-7(16)8(17)9-11(20-5)22-3-12(21-9)10(18)6(15)4(14)2-19-12/h4-11,13-18H,1-3H2/t4-,5-,6-,7-,8+,9-,10+,11+,12+/m1/s1. The summed E-state index contributed by atoms with van der Waals surface area (Å²) in [5, 5.41) is 58.7. The quantitative estimate of drug-likeness (QED) is 0.282. The molecule has 3 saturated heterocycles. The molecule has 3 fully saturated rings. The van der Waals surface area contributed by atoms with E-state index in [9.17, 15) is 25.5 Å². The molecule has 0 bridgehead atoms. The molecule has 3 heterocycles. The van der Waals surface area contributed by atoms with Crippen molar-refractivity contribution >= 4 is 11.8 Å². The maximum absolute atomic E-state index is 10.2. The molecule has 0 aliphatic carbocycles. The Labute approximate surface area is 130 Å². The first-order valence-electron chi connectivity index (χ1n) is 6.99. The Kier molecular flexibility index (Phi) is 4.69. The highest BCUT2D eigenvalue weighted by molar-refractivity contribution is 7.99. The third-order valence-corrected chi connectivity index (χ3v) is 5.55. The molecule has 10 heteroatoms. The Morgan fingerprint density at radius 1 is 1.05 bits per heavy atom. The fraction of sp³-hybridized carbons (Fsp3) is 1.00. The molecule has 3 aliphatic heterocycles. The average molecular weight is 340 g/mol. The summed E-state index contributed by atoms with van der Waals surface area (Å²) in [7, 11) is 0. The van der Waals surface area contributed by atoms with E-state index in [1.54, 1.807) is 0 Å². The van der Waals surface area contributed by atoms with Crippen LogP contribution < -0.4 is 0 Å². The molecule has 6 N–H and O–H groups in total. The molecule has 9 atom stereocenters. The smallest absolute Gasteiger partial charge is 0.207 e. The van der Waals surface area contributed by atoms with Crippen LogP contribution in [0.4, 0.5) is 0 Å². The van der Waals surface area contributed by atoms with Crippen molar-refractivity contribution in [3.05, 3.63) is 0 Å². The van der Waals surface area contributed by atoms with Gasteiger partial charge in [0.15, 0.2) is 0 Å². The van der Waals surface area contributed by atoms with E-state index in [-0.39, 0.29) is 12.4 Å². The zero-order valence-corrected chi connectivity index (χ0v) is 12.4. The van der Waals surface area contributed by atoms with Crippen LogP contribution in [0.3, 0.4) is 0 Å². The Hall–Kier alpha value is -0.0100. The van der Waals surface area contributed by atoms with Gasteiger partial charge in [-0.1, -0.05) is 0 Å². The van der Waals surface area contributed by atoms with Crippen molar-refractivity contribution in [2.75, 3.05) is 19.0 Å². The van der Waals surface area contributed by atoms with Gasteiger partial charge in [-0.05, 0) is 0 Å². The molecule has 3 aliphatic rings.